The van der Waals surface area contributed by atoms with Gasteiger partial charge in [0.1, 0.15) is 0 Å². The van der Waals surface area contributed by atoms with Crippen LogP contribution in [0.1, 0.15) is 25.8 Å². The van der Waals surface area contributed by atoms with Crippen LogP contribution in [0.5, 0.6) is 0 Å². The van der Waals surface area contributed by atoms with Crippen LogP contribution in [0.25, 0.3) is 0 Å². The first-order valence-corrected chi connectivity index (χ1v) is 7.70. The lowest BCUT2D eigenvalue weighted by molar-refractivity contribution is -0.137. The summed E-state index contributed by atoms with van der Waals surface area (Å²) in [4.78, 5) is 14.4. The monoisotopic (exact) mass is 350 g/mol. The van der Waals surface area contributed by atoms with Crippen LogP contribution >= 0.6 is 35.6 Å². The van der Waals surface area contributed by atoms with Gasteiger partial charge in [-0.05, 0) is 24.6 Å². The van der Waals surface area contributed by atoms with Crippen LogP contribution in [0.4, 0.5) is 0 Å². The molecule has 0 unspecified atom stereocenters. The number of rotatable bonds is 4. The molecule has 1 amide bonds. The van der Waals surface area contributed by atoms with Crippen LogP contribution < -0.4 is 5.32 Å². The molecule has 1 aliphatic heterocycles. The number of halogens is 3. The highest BCUT2D eigenvalue weighted by atomic mass is 35.5. The zero-order valence-corrected chi connectivity index (χ0v) is 14.6. The third-order valence-electron chi connectivity index (χ3n) is 3.62. The molecule has 1 aliphatic rings. The van der Waals surface area contributed by atoms with Gasteiger partial charge >= 0.3 is 0 Å². The van der Waals surface area contributed by atoms with Gasteiger partial charge in [-0.1, -0.05) is 49.2 Å². The quantitative estimate of drug-likeness (QED) is 0.895. The van der Waals surface area contributed by atoms with Crippen molar-refractivity contribution in [1.82, 2.24) is 10.2 Å². The molecule has 1 aromatic rings. The summed E-state index contributed by atoms with van der Waals surface area (Å²) >= 11 is 12.3. The lowest BCUT2D eigenvalue weighted by Gasteiger charge is -2.30. The van der Waals surface area contributed by atoms with Crippen LogP contribution in [0.2, 0.25) is 10.0 Å². The highest BCUT2D eigenvalue weighted by molar-refractivity contribution is 6.42. The molecule has 0 bridgehead atoms. The molecule has 6 heteroatoms. The molecule has 1 fully saturated rings. The Bertz CT molecular complexity index is 488. The second-order valence-corrected chi connectivity index (χ2v) is 6.27. The Morgan fingerprint density at radius 1 is 1.43 bits per heavy atom. The Hall–Kier alpha value is -0.480. The molecule has 3 nitrogen and oxygen atoms in total. The van der Waals surface area contributed by atoms with Crippen molar-refractivity contribution in [2.75, 3.05) is 13.1 Å². The molecule has 0 radical (unpaired) electrons. The smallest absolute Gasteiger partial charge is 0.225 e. The third kappa shape index (κ3) is 4.49. The average molecular weight is 352 g/mol. The Morgan fingerprint density at radius 3 is 2.71 bits per heavy atom. The van der Waals surface area contributed by atoms with Crippen LogP contribution in [0, 0.1) is 5.92 Å². The number of amides is 1. The van der Waals surface area contributed by atoms with Gasteiger partial charge in [-0.2, -0.15) is 0 Å². The summed E-state index contributed by atoms with van der Waals surface area (Å²) in [7, 11) is 0. The van der Waals surface area contributed by atoms with E-state index in [1.54, 1.807) is 6.07 Å². The Morgan fingerprint density at radius 2 is 2.14 bits per heavy atom. The summed E-state index contributed by atoms with van der Waals surface area (Å²) in [5.74, 6) is 0.142. The molecule has 21 heavy (non-hydrogen) atoms. The van der Waals surface area contributed by atoms with Gasteiger partial charge in [-0.25, -0.2) is 0 Å². The molecule has 0 aliphatic carbocycles. The van der Waals surface area contributed by atoms with Gasteiger partial charge in [0.25, 0.3) is 0 Å². The fraction of sp³-hybridized carbons (Fsp3) is 0.533. The number of carbonyl (C=O) groups is 1. The van der Waals surface area contributed by atoms with Crippen molar-refractivity contribution in [2.45, 2.75) is 32.9 Å². The molecule has 0 saturated carbocycles. The molecule has 1 heterocycles. The number of nitrogens with zero attached hydrogens (tertiary/aromatic N) is 1. The number of carbonyl (C=O) groups excluding carboxylic acids is 1. The number of hydrogen-bond acceptors (Lipinski definition) is 2. The largest absolute Gasteiger partial charge is 0.334 e. The Labute approximate surface area is 142 Å². The molecule has 0 aromatic heterocycles. The Kier molecular flexibility index (Phi) is 7.28. The molecule has 1 N–H and O–H groups in total. The molecule has 1 atom stereocenters. The van der Waals surface area contributed by atoms with E-state index in [-0.39, 0.29) is 30.3 Å². The van der Waals surface area contributed by atoms with E-state index in [0.29, 0.717) is 16.6 Å². The maximum atomic E-state index is 12.5. The third-order valence-corrected chi connectivity index (χ3v) is 4.48. The van der Waals surface area contributed by atoms with Gasteiger partial charge in [-0.15, -0.1) is 12.4 Å². The minimum absolute atomic E-state index is 0. The maximum absolute atomic E-state index is 12.5. The summed E-state index contributed by atoms with van der Waals surface area (Å²) in [5.41, 5.74) is 0.903. The zero-order chi connectivity index (χ0) is 14.7. The minimum Gasteiger partial charge on any atom is -0.334 e. The lowest BCUT2D eigenvalue weighted by atomic mass is 10.1. The fourth-order valence-electron chi connectivity index (χ4n) is 2.48. The zero-order valence-electron chi connectivity index (χ0n) is 12.2. The molecule has 1 saturated heterocycles. The van der Waals surface area contributed by atoms with Crippen molar-refractivity contribution >= 4 is 41.5 Å². The molecular formula is C15H21Cl3N2O. The summed E-state index contributed by atoms with van der Waals surface area (Å²) in [6, 6.07) is 5.80. The van der Waals surface area contributed by atoms with E-state index in [4.69, 9.17) is 23.2 Å². The van der Waals surface area contributed by atoms with Crippen molar-refractivity contribution in [1.29, 1.82) is 0 Å². The van der Waals surface area contributed by atoms with Crippen LogP contribution in [0.15, 0.2) is 18.2 Å². The van der Waals surface area contributed by atoms with E-state index in [1.807, 2.05) is 30.9 Å². The molecule has 1 aromatic carbocycles. The van der Waals surface area contributed by atoms with Crippen molar-refractivity contribution in [3.63, 3.8) is 0 Å². The van der Waals surface area contributed by atoms with Crippen LogP contribution in [-0.2, 0) is 11.3 Å². The predicted octanol–water partition coefficient (Wildman–Crippen LogP) is 3.76. The summed E-state index contributed by atoms with van der Waals surface area (Å²) < 4.78 is 0. The highest BCUT2D eigenvalue weighted by Crippen LogP contribution is 2.28. The van der Waals surface area contributed by atoms with Crippen LogP contribution in [0.3, 0.4) is 0 Å². The van der Waals surface area contributed by atoms with E-state index in [0.717, 1.165) is 25.1 Å². The van der Waals surface area contributed by atoms with Crippen molar-refractivity contribution in [2.24, 2.45) is 5.92 Å². The predicted molar refractivity (Wildman–Crippen MR) is 90.4 cm³/mol. The van der Waals surface area contributed by atoms with E-state index >= 15 is 0 Å². The van der Waals surface area contributed by atoms with Gasteiger partial charge in [-0.3, -0.25) is 4.79 Å². The van der Waals surface area contributed by atoms with Crippen molar-refractivity contribution in [3.8, 4) is 0 Å². The fourth-order valence-corrected chi connectivity index (χ4v) is 2.86. The first-order chi connectivity index (χ1) is 9.50. The number of benzene rings is 1. The standard InChI is InChI=1S/C15H20Cl2N2O.ClH/c1-10(2)15(20)19(12-6-7-18-8-12)9-11-4-3-5-13(16)14(11)17;/h3-5,10,12,18H,6-9H2,1-2H3;1H/t12-;/m0./s1. The van der Waals surface area contributed by atoms with E-state index in [9.17, 15) is 4.79 Å². The van der Waals surface area contributed by atoms with Gasteiger partial charge in [0.05, 0.1) is 10.0 Å². The summed E-state index contributed by atoms with van der Waals surface area (Å²) in [5, 5.41) is 4.38. The van der Waals surface area contributed by atoms with Crippen molar-refractivity contribution in [3.05, 3.63) is 33.8 Å². The first-order valence-electron chi connectivity index (χ1n) is 6.94. The number of nitrogens with one attached hydrogen (secondary N) is 1. The summed E-state index contributed by atoms with van der Waals surface area (Å²) in [6.07, 6.45) is 0.983. The van der Waals surface area contributed by atoms with Gasteiger partial charge in [0.2, 0.25) is 5.91 Å². The van der Waals surface area contributed by atoms with Gasteiger partial charge in [0.15, 0.2) is 0 Å². The van der Waals surface area contributed by atoms with Crippen LogP contribution in [-0.4, -0.2) is 29.9 Å². The van der Waals surface area contributed by atoms with E-state index in [2.05, 4.69) is 5.32 Å². The van der Waals surface area contributed by atoms with E-state index < -0.39 is 0 Å². The number of hydrogen-bond donors (Lipinski definition) is 1. The molecule has 118 valence electrons. The minimum atomic E-state index is -0.0199. The first kappa shape index (κ1) is 18.6. The second kappa shape index (κ2) is 8.23. The average Bonchev–Trinajstić information content (AvgIpc) is 2.93. The highest BCUT2D eigenvalue weighted by Gasteiger charge is 2.28. The normalized spacial score (nSPS) is 17.7. The topological polar surface area (TPSA) is 32.3 Å². The van der Waals surface area contributed by atoms with Crippen molar-refractivity contribution < 1.29 is 4.79 Å². The lowest BCUT2D eigenvalue weighted by Crippen LogP contribution is -2.43. The second-order valence-electron chi connectivity index (χ2n) is 5.48. The van der Waals surface area contributed by atoms with Gasteiger partial charge in [0, 0.05) is 25.0 Å². The molecular weight excluding hydrogens is 331 g/mol. The molecule has 0 spiro atoms. The Balaban J connectivity index is 0.00000220. The summed E-state index contributed by atoms with van der Waals surface area (Å²) in [6.45, 7) is 6.17. The van der Waals surface area contributed by atoms with Gasteiger partial charge < -0.3 is 10.2 Å². The molecule has 2 rings (SSSR count). The van der Waals surface area contributed by atoms with E-state index in [1.165, 1.54) is 0 Å². The SMILES string of the molecule is CC(C)C(=O)N(Cc1cccc(Cl)c1Cl)[C@H]1CCNC1.Cl. The maximum Gasteiger partial charge on any atom is 0.225 e.